The number of oxazole rings is 1. The van der Waals surface area contributed by atoms with Crippen LogP contribution in [0.3, 0.4) is 0 Å². The van der Waals surface area contributed by atoms with Gasteiger partial charge in [0.1, 0.15) is 12.7 Å². The summed E-state index contributed by atoms with van der Waals surface area (Å²) in [5.74, 6) is 1.22. The highest BCUT2D eigenvalue weighted by Gasteiger charge is 2.21. The molecular weight excluding hydrogens is 528 g/mol. The lowest BCUT2D eigenvalue weighted by molar-refractivity contribution is 0.0828. The molecule has 1 aliphatic rings. The Bertz CT molecular complexity index is 1460. The molecule has 1 atom stereocenters. The number of nitrogens with zero attached hydrogens (tertiary/aromatic N) is 1. The van der Waals surface area contributed by atoms with E-state index in [1.165, 1.54) is 13.5 Å². The van der Waals surface area contributed by atoms with Gasteiger partial charge in [-0.1, -0.05) is 42.5 Å². The Hall–Kier alpha value is -5.03. The van der Waals surface area contributed by atoms with Crippen molar-refractivity contribution in [1.29, 1.82) is 0 Å². The van der Waals surface area contributed by atoms with Gasteiger partial charge in [-0.2, -0.15) is 0 Å². The molecule has 3 N–H and O–H groups in total. The van der Waals surface area contributed by atoms with Gasteiger partial charge in [-0.05, 0) is 35.4 Å². The number of methoxy groups -OCH3 is 1. The summed E-state index contributed by atoms with van der Waals surface area (Å²) in [6.45, 7) is 1.49. The Labute approximate surface area is 236 Å². The minimum absolute atomic E-state index is 0.225. The van der Waals surface area contributed by atoms with Crippen LogP contribution in [0.5, 0.6) is 11.5 Å². The summed E-state index contributed by atoms with van der Waals surface area (Å²) in [5.41, 5.74) is 3.29. The normalized spacial score (nSPS) is 14.2. The maximum Gasteiger partial charge on any atom is 0.407 e. The van der Waals surface area contributed by atoms with E-state index in [9.17, 15) is 9.59 Å². The second-order valence-corrected chi connectivity index (χ2v) is 9.19. The van der Waals surface area contributed by atoms with E-state index in [4.69, 9.17) is 23.4 Å². The van der Waals surface area contributed by atoms with Gasteiger partial charge in [0.25, 0.3) is 0 Å². The van der Waals surface area contributed by atoms with Crippen LogP contribution in [0.25, 0.3) is 11.3 Å². The summed E-state index contributed by atoms with van der Waals surface area (Å²) in [5, 5.41) is 8.40. The highest BCUT2D eigenvalue weighted by molar-refractivity contribution is 6.01. The molecule has 5 rings (SSSR count). The molecule has 0 unspecified atom stereocenters. The third-order valence-corrected chi connectivity index (χ3v) is 6.27. The Morgan fingerprint density at radius 3 is 2.61 bits per heavy atom. The largest absolute Gasteiger partial charge is 0.492 e. The SMILES string of the molecule is COc1c(-c2cnco2)ccc(NC(=O)Nc2cccc(CNC(=O)O[C@H]3CCOC3)c2)c1OCc1ccccc1. The molecule has 0 saturated carbocycles. The minimum Gasteiger partial charge on any atom is -0.492 e. The van der Waals surface area contributed by atoms with E-state index in [1.54, 1.807) is 36.5 Å². The molecule has 1 aromatic heterocycles. The van der Waals surface area contributed by atoms with Crippen molar-refractivity contribution in [1.82, 2.24) is 10.3 Å². The number of hydrogen-bond acceptors (Lipinski definition) is 8. The molecule has 1 fully saturated rings. The Morgan fingerprint density at radius 2 is 1.85 bits per heavy atom. The number of aromatic nitrogens is 1. The molecular formula is C30H30N4O7. The van der Waals surface area contributed by atoms with Crippen molar-refractivity contribution in [2.45, 2.75) is 25.7 Å². The lowest BCUT2D eigenvalue weighted by Gasteiger charge is -2.18. The molecule has 11 heteroatoms. The van der Waals surface area contributed by atoms with E-state index in [2.05, 4.69) is 20.9 Å². The fourth-order valence-corrected chi connectivity index (χ4v) is 4.30. The molecule has 4 aromatic rings. The molecule has 3 aromatic carbocycles. The topological polar surface area (TPSA) is 133 Å². The molecule has 1 saturated heterocycles. The van der Waals surface area contributed by atoms with Crippen molar-refractivity contribution in [2.75, 3.05) is 31.0 Å². The van der Waals surface area contributed by atoms with Gasteiger partial charge in [-0.3, -0.25) is 0 Å². The van der Waals surface area contributed by atoms with Gasteiger partial charge in [-0.25, -0.2) is 14.6 Å². The number of alkyl carbamates (subject to hydrolysis) is 1. The van der Waals surface area contributed by atoms with E-state index >= 15 is 0 Å². The zero-order valence-corrected chi connectivity index (χ0v) is 22.4. The van der Waals surface area contributed by atoms with Gasteiger partial charge >= 0.3 is 12.1 Å². The second-order valence-electron chi connectivity index (χ2n) is 9.19. The van der Waals surface area contributed by atoms with E-state index in [-0.39, 0.29) is 19.3 Å². The summed E-state index contributed by atoms with van der Waals surface area (Å²) < 4.78 is 27.9. The van der Waals surface area contributed by atoms with Gasteiger partial charge in [0, 0.05) is 18.7 Å². The summed E-state index contributed by atoms with van der Waals surface area (Å²) in [6.07, 6.45) is 2.86. The minimum atomic E-state index is -0.512. The zero-order valence-electron chi connectivity index (χ0n) is 22.4. The van der Waals surface area contributed by atoms with Crippen LogP contribution in [0.4, 0.5) is 21.0 Å². The maximum atomic E-state index is 13.0. The van der Waals surface area contributed by atoms with Gasteiger partial charge in [0.05, 0.1) is 37.8 Å². The predicted octanol–water partition coefficient (Wildman–Crippen LogP) is 5.59. The van der Waals surface area contributed by atoms with Crippen LogP contribution in [0.1, 0.15) is 17.5 Å². The number of anilines is 2. The summed E-state index contributed by atoms with van der Waals surface area (Å²) in [7, 11) is 1.52. The first-order chi connectivity index (χ1) is 20.1. The second kappa shape index (κ2) is 13.4. The first-order valence-electron chi connectivity index (χ1n) is 13.0. The predicted molar refractivity (Wildman–Crippen MR) is 151 cm³/mol. The molecule has 2 heterocycles. The lowest BCUT2D eigenvalue weighted by Crippen LogP contribution is -2.28. The Kier molecular flexibility index (Phi) is 8.97. The number of amides is 3. The van der Waals surface area contributed by atoms with Gasteiger partial charge < -0.3 is 39.3 Å². The number of carbonyl (C=O) groups is 2. The molecule has 0 bridgehead atoms. The summed E-state index contributed by atoms with van der Waals surface area (Å²) in [4.78, 5) is 29.1. The zero-order chi connectivity index (χ0) is 28.4. The van der Waals surface area contributed by atoms with E-state index < -0.39 is 12.1 Å². The van der Waals surface area contributed by atoms with Crippen LogP contribution >= 0.6 is 0 Å². The monoisotopic (exact) mass is 558 g/mol. The lowest BCUT2D eigenvalue weighted by atomic mass is 10.1. The summed E-state index contributed by atoms with van der Waals surface area (Å²) in [6, 6.07) is 19.8. The molecule has 1 aliphatic heterocycles. The quantitative estimate of drug-likeness (QED) is 0.229. The highest BCUT2D eigenvalue weighted by atomic mass is 16.6. The fourth-order valence-electron chi connectivity index (χ4n) is 4.30. The molecule has 212 valence electrons. The molecule has 0 aliphatic carbocycles. The van der Waals surface area contributed by atoms with Crippen molar-refractivity contribution in [3.63, 3.8) is 0 Å². The molecule has 41 heavy (non-hydrogen) atoms. The van der Waals surface area contributed by atoms with E-state index in [0.29, 0.717) is 53.8 Å². The van der Waals surface area contributed by atoms with E-state index in [0.717, 1.165) is 11.1 Å². The van der Waals surface area contributed by atoms with Gasteiger partial charge in [-0.15, -0.1) is 0 Å². The Balaban J connectivity index is 1.27. The van der Waals surface area contributed by atoms with Crippen molar-refractivity contribution in [3.8, 4) is 22.8 Å². The average Bonchev–Trinajstić information content (AvgIpc) is 3.71. The van der Waals surface area contributed by atoms with Crippen LogP contribution in [0.15, 0.2) is 83.7 Å². The van der Waals surface area contributed by atoms with E-state index in [1.807, 2.05) is 36.4 Å². The molecule has 11 nitrogen and oxygen atoms in total. The van der Waals surface area contributed by atoms with Crippen LogP contribution in [0.2, 0.25) is 0 Å². The van der Waals surface area contributed by atoms with Crippen molar-refractivity contribution in [2.24, 2.45) is 0 Å². The Morgan fingerprint density at radius 1 is 1.00 bits per heavy atom. The van der Waals surface area contributed by atoms with Crippen LogP contribution in [-0.2, 0) is 22.6 Å². The van der Waals surface area contributed by atoms with Crippen molar-refractivity contribution in [3.05, 3.63) is 90.4 Å². The average molecular weight is 559 g/mol. The van der Waals surface area contributed by atoms with Crippen LogP contribution in [-0.4, -0.2) is 43.5 Å². The van der Waals surface area contributed by atoms with Crippen molar-refractivity contribution < 1.29 is 33.0 Å². The number of ether oxygens (including phenoxy) is 4. The molecule has 0 spiro atoms. The van der Waals surface area contributed by atoms with Crippen molar-refractivity contribution >= 4 is 23.5 Å². The summed E-state index contributed by atoms with van der Waals surface area (Å²) >= 11 is 0. The highest BCUT2D eigenvalue weighted by Crippen LogP contribution is 2.43. The smallest absolute Gasteiger partial charge is 0.407 e. The number of rotatable bonds is 10. The third kappa shape index (κ3) is 7.34. The maximum absolute atomic E-state index is 13.0. The van der Waals surface area contributed by atoms with Crippen LogP contribution in [0, 0.1) is 0 Å². The molecule has 0 radical (unpaired) electrons. The van der Waals surface area contributed by atoms with Gasteiger partial charge in [0.15, 0.2) is 23.7 Å². The number of benzene rings is 3. The van der Waals surface area contributed by atoms with Crippen LogP contribution < -0.4 is 25.4 Å². The number of urea groups is 1. The fraction of sp³-hybridized carbons (Fsp3) is 0.233. The number of hydrogen-bond donors (Lipinski definition) is 3. The standard InChI is InChI=1S/C30H30N4O7/c1-37-27-24(26-16-31-19-40-26)10-11-25(28(27)39-17-20-6-3-2-4-7-20)34-29(35)33-22-9-5-8-21(14-22)15-32-30(36)41-23-12-13-38-18-23/h2-11,14,16,19,23H,12-13,15,17-18H2,1H3,(H,32,36)(H2,33,34,35)/t23-/m0/s1. The van der Waals surface area contributed by atoms with Gasteiger partial charge in [0.2, 0.25) is 0 Å². The first-order valence-corrected chi connectivity index (χ1v) is 13.0. The number of carbonyl (C=O) groups excluding carboxylic acids is 2. The third-order valence-electron chi connectivity index (χ3n) is 6.27. The first kappa shape index (κ1) is 27.5. The number of nitrogens with one attached hydrogen (secondary N) is 3. The molecule has 3 amide bonds.